The molecule has 0 aromatic carbocycles. The number of halogens is 8. The molecule has 182 valence electrons. The van der Waals surface area contributed by atoms with E-state index in [2.05, 4.69) is 16.1 Å². The van der Waals surface area contributed by atoms with E-state index < -0.39 is 77.1 Å². The van der Waals surface area contributed by atoms with Crippen LogP contribution in [0.4, 0.5) is 35.1 Å². The molecular formula is C14H16F8NO7S-. The van der Waals surface area contributed by atoms with Crippen molar-refractivity contribution in [3.05, 3.63) is 12.4 Å². The maximum absolute atomic E-state index is 13.6. The first kappa shape index (κ1) is 29.0. The predicted octanol–water partition coefficient (Wildman–Crippen LogP) is 2.32. The quantitative estimate of drug-likeness (QED) is 0.142. The van der Waals surface area contributed by atoms with Crippen LogP contribution in [0.25, 0.3) is 0 Å². The summed E-state index contributed by atoms with van der Waals surface area (Å²) in [5.41, 5.74) is 0. The lowest BCUT2D eigenvalue weighted by Crippen LogP contribution is -2.62. The average molecular weight is 494 g/mol. The molecule has 17 heteroatoms. The van der Waals surface area contributed by atoms with Crippen molar-refractivity contribution in [2.45, 2.75) is 43.4 Å². The van der Waals surface area contributed by atoms with Crippen molar-refractivity contribution in [3.8, 4) is 0 Å². The summed E-state index contributed by atoms with van der Waals surface area (Å²) in [5, 5.41) is -6.25. The van der Waals surface area contributed by atoms with Crippen molar-refractivity contribution in [2.75, 3.05) is 19.7 Å². The van der Waals surface area contributed by atoms with Crippen molar-refractivity contribution in [3.63, 3.8) is 0 Å². The molecule has 0 bridgehead atoms. The Hall–Kier alpha value is -2.01. The Bertz CT molecular complexity index is 795. The highest BCUT2D eigenvalue weighted by Gasteiger charge is 2.68. The van der Waals surface area contributed by atoms with E-state index in [1.807, 2.05) is 0 Å². The molecule has 0 aromatic rings. The SMILES string of the molecule is C=C(F)C(=O)OC(OCCC(F)(F)C(F)(F)S(=O)(=O)[O-])(C(=O)N(CC)CC)C(F)(F)F. The number of rotatable bonds is 11. The maximum Gasteiger partial charge on any atom is 0.466 e. The molecule has 1 unspecified atom stereocenters. The molecule has 0 aliphatic rings. The molecular weight excluding hydrogens is 478 g/mol. The number of hydrogen-bond acceptors (Lipinski definition) is 7. The third-order valence-corrected chi connectivity index (χ3v) is 4.55. The second-order valence-corrected chi connectivity index (χ2v) is 7.08. The van der Waals surface area contributed by atoms with Crippen LogP contribution in [-0.4, -0.2) is 72.6 Å². The van der Waals surface area contributed by atoms with E-state index in [9.17, 15) is 57.7 Å². The second-order valence-electron chi connectivity index (χ2n) is 5.66. The van der Waals surface area contributed by atoms with Crippen molar-refractivity contribution < 1.29 is 67.2 Å². The van der Waals surface area contributed by atoms with Gasteiger partial charge in [0.25, 0.3) is 0 Å². The first-order chi connectivity index (χ1) is 13.7. The van der Waals surface area contributed by atoms with Gasteiger partial charge in [-0.05, 0) is 13.8 Å². The van der Waals surface area contributed by atoms with E-state index in [0.29, 0.717) is 4.90 Å². The summed E-state index contributed by atoms with van der Waals surface area (Å²) in [5.74, 6) is -17.4. The number of esters is 1. The summed E-state index contributed by atoms with van der Waals surface area (Å²) in [6, 6.07) is 0. The van der Waals surface area contributed by atoms with Gasteiger partial charge in [-0.15, -0.1) is 0 Å². The van der Waals surface area contributed by atoms with Crippen LogP contribution in [0.3, 0.4) is 0 Å². The van der Waals surface area contributed by atoms with E-state index >= 15 is 0 Å². The summed E-state index contributed by atoms with van der Waals surface area (Å²) in [4.78, 5) is 24.0. The largest absolute Gasteiger partial charge is 0.743 e. The van der Waals surface area contributed by atoms with Gasteiger partial charge in [-0.1, -0.05) is 6.58 Å². The fourth-order valence-corrected chi connectivity index (χ4v) is 2.42. The van der Waals surface area contributed by atoms with Gasteiger partial charge in [0.15, 0.2) is 10.1 Å². The fourth-order valence-electron chi connectivity index (χ4n) is 1.95. The number of likely N-dealkylation sites (N-methyl/N-ethyl adjacent to an activating group) is 1. The molecule has 31 heavy (non-hydrogen) atoms. The number of nitrogens with zero attached hydrogens (tertiary/aromatic N) is 1. The summed E-state index contributed by atoms with van der Waals surface area (Å²) in [6.45, 7) is 1.48. The van der Waals surface area contributed by atoms with Crippen LogP contribution in [0, 0.1) is 0 Å². The van der Waals surface area contributed by atoms with Crippen LogP contribution in [-0.2, 0) is 29.2 Å². The van der Waals surface area contributed by atoms with E-state index in [1.165, 1.54) is 0 Å². The van der Waals surface area contributed by atoms with Crippen LogP contribution in [0.15, 0.2) is 12.4 Å². The molecule has 0 spiro atoms. The molecule has 0 rings (SSSR count). The van der Waals surface area contributed by atoms with Crippen LogP contribution < -0.4 is 0 Å². The van der Waals surface area contributed by atoms with Crippen molar-refractivity contribution in [1.29, 1.82) is 0 Å². The number of ether oxygens (including phenoxy) is 2. The smallest absolute Gasteiger partial charge is 0.466 e. The van der Waals surface area contributed by atoms with E-state index in [1.54, 1.807) is 0 Å². The molecule has 0 radical (unpaired) electrons. The maximum atomic E-state index is 13.6. The van der Waals surface area contributed by atoms with E-state index in [4.69, 9.17) is 0 Å². The minimum absolute atomic E-state index is 0.330. The van der Waals surface area contributed by atoms with Crippen molar-refractivity contribution in [2.24, 2.45) is 0 Å². The normalized spacial score (nSPS) is 15.2. The third kappa shape index (κ3) is 6.03. The zero-order valence-corrected chi connectivity index (χ0v) is 16.6. The second kappa shape index (κ2) is 9.64. The lowest BCUT2D eigenvalue weighted by molar-refractivity contribution is -0.353. The first-order valence-corrected chi connectivity index (χ1v) is 9.41. The Balaban J connectivity index is 6.20. The third-order valence-electron chi connectivity index (χ3n) is 3.62. The molecule has 8 nitrogen and oxygen atoms in total. The fraction of sp³-hybridized carbons (Fsp3) is 0.714. The molecule has 0 aliphatic carbocycles. The summed E-state index contributed by atoms with van der Waals surface area (Å²) in [7, 11) is -6.96. The van der Waals surface area contributed by atoms with Gasteiger partial charge in [-0.25, -0.2) is 13.2 Å². The van der Waals surface area contributed by atoms with Gasteiger partial charge in [-0.3, -0.25) is 4.79 Å². The minimum Gasteiger partial charge on any atom is -0.743 e. The molecule has 0 aromatic heterocycles. The van der Waals surface area contributed by atoms with Crippen molar-refractivity contribution >= 4 is 22.0 Å². The number of carbonyl (C=O) groups is 2. The van der Waals surface area contributed by atoms with Crippen molar-refractivity contribution in [1.82, 2.24) is 4.90 Å². The monoisotopic (exact) mass is 494 g/mol. The predicted molar refractivity (Wildman–Crippen MR) is 83.2 cm³/mol. The van der Waals surface area contributed by atoms with E-state index in [-0.39, 0.29) is 0 Å². The molecule has 0 saturated heterocycles. The minimum atomic E-state index is -6.96. The van der Waals surface area contributed by atoms with Gasteiger partial charge in [0.1, 0.15) is 0 Å². The summed E-state index contributed by atoms with van der Waals surface area (Å²) in [6.07, 6.45) is -8.60. The standard InChI is InChI=1S/C14H17F8NO7S/c1-4-23(5-2)10(25)12(13(18,19)20,30-9(24)8(3)15)29-7-6-11(16,17)14(21,22)31(26,27)28/h3-7H2,1-2H3,(H,26,27,28)/p-1. The molecule has 1 amide bonds. The van der Waals surface area contributed by atoms with Gasteiger partial charge < -0.3 is 18.9 Å². The lowest BCUT2D eigenvalue weighted by atomic mass is 10.2. The number of hydrogen-bond donors (Lipinski definition) is 0. The highest BCUT2D eigenvalue weighted by molar-refractivity contribution is 7.86. The van der Waals surface area contributed by atoms with E-state index in [0.717, 1.165) is 13.8 Å². The van der Waals surface area contributed by atoms with Crippen LogP contribution in [0.2, 0.25) is 0 Å². The van der Waals surface area contributed by atoms with Crippen LogP contribution in [0.5, 0.6) is 0 Å². The lowest BCUT2D eigenvalue weighted by Gasteiger charge is -2.37. The average Bonchev–Trinajstić information content (AvgIpc) is 2.59. The van der Waals surface area contributed by atoms with Gasteiger partial charge in [0, 0.05) is 19.5 Å². The highest BCUT2D eigenvalue weighted by atomic mass is 32.2. The summed E-state index contributed by atoms with van der Waals surface area (Å²) >= 11 is 0. The number of carbonyl (C=O) groups excluding carboxylic acids is 2. The molecule has 0 aliphatic heterocycles. The topological polar surface area (TPSA) is 113 Å². The Morgan fingerprint density at radius 2 is 1.48 bits per heavy atom. The zero-order chi connectivity index (χ0) is 25.1. The number of alkyl halides is 7. The Kier molecular flexibility index (Phi) is 9.02. The Morgan fingerprint density at radius 1 is 1.03 bits per heavy atom. The Labute approximate surface area is 170 Å². The molecule has 0 saturated carbocycles. The molecule has 0 N–H and O–H groups in total. The molecule has 0 fully saturated rings. The first-order valence-electron chi connectivity index (χ1n) is 8.00. The van der Waals surface area contributed by atoms with Gasteiger partial charge in [0.05, 0.1) is 6.61 Å². The number of amides is 1. The van der Waals surface area contributed by atoms with Gasteiger partial charge in [-0.2, -0.15) is 35.1 Å². The molecule has 1 atom stereocenters. The zero-order valence-electron chi connectivity index (χ0n) is 15.8. The van der Waals surface area contributed by atoms with Crippen LogP contribution in [0.1, 0.15) is 20.3 Å². The van der Waals surface area contributed by atoms with Gasteiger partial charge in [0.2, 0.25) is 5.83 Å². The van der Waals surface area contributed by atoms with Crippen LogP contribution >= 0.6 is 0 Å². The van der Waals surface area contributed by atoms with Gasteiger partial charge >= 0.3 is 35.0 Å². The Morgan fingerprint density at radius 3 is 1.81 bits per heavy atom. The molecule has 0 heterocycles. The highest BCUT2D eigenvalue weighted by Crippen LogP contribution is 2.42. The summed E-state index contributed by atoms with van der Waals surface area (Å²) < 4.78 is 146.